The topological polar surface area (TPSA) is 23.8 Å². The highest BCUT2D eigenvalue weighted by atomic mass is 14.2. The molecule has 0 aliphatic carbocycles. The number of nitriles is 1. The van der Waals surface area contributed by atoms with Gasteiger partial charge in [-0.2, -0.15) is 5.26 Å². The van der Waals surface area contributed by atoms with E-state index in [1.54, 1.807) is 13.0 Å². The zero-order chi connectivity index (χ0) is 62.1. The van der Waals surface area contributed by atoms with Gasteiger partial charge in [-0.25, -0.2) is 0 Å². The lowest BCUT2D eigenvalue weighted by molar-refractivity contribution is 1.55. The summed E-state index contributed by atoms with van der Waals surface area (Å²) in [6, 6.07) is 1.63. The van der Waals surface area contributed by atoms with Crippen molar-refractivity contribution in [1.82, 2.24) is 0 Å². The van der Waals surface area contributed by atoms with Gasteiger partial charge in [0.2, 0.25) is 0 Å². The van der Waals surface area contributed by atoms with Gasteiger partial charge < -0.3 is 0 Å². The predicted molar refractivity (Wildman–Crippen MR) is 338 cm³/mol. The first kappa shape index (κ1) is 68.0. The fourth-order valence-corrected chi connectivity index (χ4v) is 2.62. The van der Waals surface area contributed by atoms with Crippen LogP contribution < -0.4 is 0 Å². The van der Waals surface area contributed by atoms with E-state index in [4.69, 9.17) is 5.26 Å². The van der Waals surface area contributed by atoms with E-state index in [2.05, 4.69) is 497 Å². The summed E-state index contributed by atoms with van der Waals surface area (Å²) in [5.74, 6) is 209. The van der Waals surface area contributed by atoms with Crippen molar-refractivity contribution in [2.24, 2.45) is 0 Å². The lowest BCUT2D eigenvalue weighted by atomic mass is 10.4. The molecule has 0 aliphatic rings. The van der Waals surface area contributed by atoms with Gasteiger partial charge in [0, 0.05) is 444 Å². The molecule has 0 heterocycles. The summed E-state index contributed by atoms with van der Waals surface area (Å²) in [7, 11) is 0. The van der Waals surface area contributed by atoms with Gasteiger partial charge in [0.05, 0.1) is 0 Å². The molecule has 0 bridgehead atoms. The molecule has 352 valence electrons. The molecule has 0 aromatic rings. The second-order valence-corrected chi connectivity index (χ2v) is 10.7. The average molecular weight is 1050 g/mol. The van der Waals surface area contributed by atoms with Gasteiger partial charge in [-0.15, -0.1) is 0 Å². The van der Waals surface area contributed by atoms with Crippen LogP contribution in [0.25, 0.3) is 0 Å². The van der Waals surface area contributed by atoms with Crippen LogP contribution >= 0.6 is 0 Å². The molecular formula is C86H3N. The number of hydrogen-bond acceptors (Lipinski definition) is 1. The summed E-state index contributed by atoms with van der Waals surface area (Å²) in [5.41, 5.74) is 0. The molecule has 0 spiro atoms. The number of hydrogen-bond donors (Lipinski definition) is 0. The maximum atomic E-state index is 8.22. The minimum atomic E-state index is 1.63. The summed E-state index contributed by atoms with van der Waals surface area (Å²) in [6.45, 7) is 1.68. The van der Waals surface area contributed by atoms with Gasteiger partial charge >= 0.3 is 0 Å². The van der Waals surface area contributed by atoms with Crippen molar-refractivity contribution in [3.63, 3.8) is 0 Å². The Balaban J connectivity index is 4.62. The van der Waals surface area contributed by atoms with Gasteiger partial charge in [0.15, 0.2) is 6.07 Å². The maximum absolute atomic E-state index is 8.22. The van der Waals surface area contributed by atoms with Gasteiger partial charge in [-0.1, -0.05) is 5.92 Å². The van der Waals surface area contributed by atoms with Gasteiger partial charge in [-0.3, -0.25) is 0 Å². The van der Waals surface area contributed by atoms with Crippen LogP contribution in [0.3, 0.4) is 0 Å². The zero-order valence-electron chi connectivity index (χ0n) is 43.9. The van der Waals surface area contributed by atoms with E-state index >= 15 is 0 Å². The monoisotopic (exact) mass is 1050 g/mol. The molecule has 0 rings (SSSR count). The molecule has 0 saturated heterocycles. The highest BCUT2D eigenvalue weighted by molar-refractivity contribution is 5.54. The predicted octanol–water partition coefficient (Wildman–Crippen LogP) is 0.673. The lowest BCUT2D eigenvalue weighted by Crippen LogP contribution is -1.57. The third kappa shape index (κ3) is 67.0. The highest BCUT2D eigenvalue weighted by Gasteiger charge is 1.66. The molecule has 0 radical (unpaired) electrons. The van der Waals surface area contributed by atoms with Crippen molar-refractivity contribution >= 4 is 0 Å². The van der Waals surface area contributed by atoms with E-state index in [9.17, 15) is 0 Å². The maximum Gasteiger partial charge on any atom is 0.153 e. The van der Waals surface area contributed by atoms with Crippen LogP contribution in [-0.4, -0.2) is 0 Å². The first-order chi connectivity index (χ1) is 43.4. The summed E-state index contributed by atoms with van der Waals surface area (Å²) in [6.07, 6.45) is 0. The molecule has 0 amide bonds. The normalized spacial score (nSPS) is 3.95. The summed E-state index contributed by atoms with van der Waals surface area (Å²) in [4.78, 5) is 0. The Kier molecular flexibility index (Phi) is 52.4. The smallest absolute Gasteiger partial charge is 0.153 e. The average Bonchev–Trinajstić information content (AvgIpc) is 3.53. The molecule has 0 aromatic heterocycles. The second-order valence-electron chi connectivity index (χ2n) is 10.7. The van der Waals surface area contributed by atoms with Crippen LogP contribution in [0.15, 0.2) is 0 Å². The van der Waals surface area contributed by atoms with Crippen molar-refractivity contribution in [1.29, 1.82) is 5.26 Å². The fourth-order valence-electron chi connectivity index (χ4n) is 2.62. The van der Waals surface area contributed by atoms with Crippen molar-refractivity contribution in [2.45, 2.75) is 6.92 Å². The lowest BCUT2D eigenvalue weighted by Gasteiger charge is -1.58. The van der Waals surface area contributed by atoms with Crippen molar-refractivity contribution in [3.8, 4) is 503 Å². The van der Waals surface area contributed by atoms with E-state index in [1.807, 2.05) is 0 Å². The van der Waals surface area contributed by atoms with E-state index in [-0.39, 0.29) is 0 Å². The molecule has 1 heteroatoms. The van der Waals surface area contributed by atoms with E-state index in [1.165, 1.54) is 0 Å². The Labute approximate surface area is 512 Å². The fraction of sp³-hybridized carbons (Fsp3) is 0.0116. The van der Waals surface area contributed by atoms with Crippen LogP contribution in [0.4, 0.5) is 0 Å². The molecule has 0 fully saturated rings. The molecule has 0 saturated carbocycles. The Morgan fingerprint density at radius 1 is 0.0920 bits per heavy atom. The Bertz CT molecular complexity index is 5990. The molecule has 1 nitrogen and oxygen atoms in total. The van der Waals surface area contributed by atoms with Gasteiger partial charge in [-0.05, 0) is 54.3 Å². The molecule has 0 atom stereocenters. The largest absolute Gasteiger partial charge is 0.183 e. The Hall–Kier alpha value is -19.0. The van der Waals surface area contributed by atoms with E-state index in [0.29, 0.717) is 0 Å². The first-order valence-corrected chi connectivity index (χ1v) is 21.7. The molecule has 0 aromatic carbocycles. The first-order valence-electron chi connectivity index (χ1n) is 21.7. The molecule has 87 heavy (non-hydrogen) atoms. The van der Waals surface area contributed by atoms with Crippen LogP contribution in [0.5, 0.6) is 0 Å². The van der Waals surface area contributed by atoms with Crippen LogP contribution in [0, 0.1) is 509 Å². The molecular weight excluding hydrogens is 1050 g/mol. The summed E-state index contributed by atoms with van der Waals surface area (Å²) in [5, 5.41) is 8.22. The molecule has 0 aliphatic heterocycles. The molecule has 0 N–H and O–H groups in total. The Morgan fingerprint density at radius 2 is 0.149 bits per heavy atom. The van der Waals surface area contributed by atoms with Crippen molar-refractivity contribution in [2.75, 3.05) is 0 Å². The van der Waals surface area contributed by atoms with Crippen molar-refractivity contribution < 1.29 is 0 Å². The third-order valence-electron chi connectivity index (χ3n) is 5.31. The number of nitrogens with zero attached hydrogens (tertiary/aromatic N) is 1. The number of rotatable bonds is 0. The van der Waals surface area contributed by atoms with Crippen LogP contribution in [0.1, 0.15) is 6.92 Å². The quantitative estimate of drug-likeness (QED) is 0.328. The minimum Gasteiger partial charge on any atom is -0.183 e. The second kappa shape index (κ2) is 67.0. The van der Waals surface area contributed by atoms with Gasteiger partial charge in [0.1, 0.15) is 0 Å². The van der Waals surface area contributed by atoms with Gasteiger partial charge in [0.25, 0.3) is 0 Å². The highest BCUT2D eigenvalue weighted by Crippen LogP contribution is 1.66. The molecule has 0 unspecified atom stereocenters. The SMILES string of the molecule is CC#CC#CC#CC#CC#CC#CC#CC#CC#CC#CC#CC#CC#CC#CC#CC#CC#CC#CC#CC#CC#CC#CC#CC#CC#CC#CC#CC#CC#CC#CC#CC#CC#CC#CC#CC#CC#CC#CC#CC#CC#CC#CC#N. The summed E-state index contributed by atoms with van der Waals surface area (Å²) >= 11 is 0. The Morgan fingerprint density at radius 3 is 0.207 bits per heavy atom. The van der Waals surface area contributed by atoms with E-state index < -0.39 is 0 Å². The standard InChI is InChI=1S/C86H3N/c1-2-3-4-5-6-7-8-9-10-11-12-13-14-15-16-17-18-19-20-21-22-23-24-25-26-27-28-29-30-31-32-33-34-35-36-37-38-39-40-41-42-43-44-45-46-47-48-49-50-51-52-53-54-55-56-57-58-59-60-61-62-63-64-65-66-67-68-69-70-71-72-73-74-75-76-77-78-79-80-81-82-83-84-85-86-87/h1H3. The van der Waals surface area contributed by atoms with Crippen LogP contribution in [-0.2, 0) is 0 Å². The minimum absolute atomic E-state index is 1.63. The third-order valence-corrected chi connectivity index (χ3v) is 5.31. The van der Waals surface area contributed by atoms with Crippen molar-refractivity contribution in [3.05, 3.63) is 0 Å². The zero-order valence-corrected chi connectivity index (χ0v) is 43.9. The van der Waals surface area contributed by atoms with Crippen LogP contribution in [0.2, 0.25) is 0 Å². The van der Waals surface area contributed by atoms with E-state index in [0.717, 1.165) is 0 Å². The summed E-state index contributed by atoms with van der Waals surface area (Å²) < 4.78 is 0.